The fourth-order valence-corrected chi connectivity index (χ4v) is 1.46. The van der Waals surface area contributed by atoms with Crippen LogP contribution in [0.3, 0.4) is 0 Å². The lowest BCUT2D eigenvalue weighted by molar-refractivity contribution is -0.130. The molecule has 0 atom stereocenters. The molecule has 4 heteroatoms. The second-order valence-corrected chi connectivity index (χ2v) is 3.91. The molecule has 88 valence electrons. The van der Waals surface area contributed by atoms with Gasteiger partial charge in [-0.1, -0.05) is 6.07 Å². The summed E-state index contributed by atoms with van der Waals surface area (Å²) in [5.74, 6) is 0.119. The molecule has 0 aliphatic carbocycles. The smallest absolute Gasteiger partial charge is 0.222 e. The number of nitrogens with two attached hydrogens (primary N) is 1. The first-order valence-corrected chi connectivity index (χ1v) is 5.50. The van der Waals surface area contributed by atoms with Crippen molar-refractivity contribution in [2.75, 3.05) is 13.6 Å². The lowest BCUT2D eigenvalue weighted by atomic mass is 10.2. The van der Waals surface area contributed by atoms with Crippen molar-refractivity contribution in [3.05, 3.63) is 29.6 Å². The molecule has 1 amide bonds. The van der Waals surface area contributed by atoms with Gasteiger partial charge in [0.1, 0.15) is 0 Å². The SMILES string of the molecule is Cc1cccc(CN(C)C(=O)CCCN)n1. The quantitative estimate of drug-likeness (QED) is 0.809. The molecular weight excluding hydrogens is 202 g/mol. The number of aryl methyl sites for hydroxylation is 1. The normalized spacial score (nSPS) is 10.2. The second kappa shape index (κ2) is 6.23. The monoisotopic (exact) mass is 221 g/mol. The maximum absolute atomic E-state index is 11.6. The summed E-state index contributed by atoms with van der Waals surface area (Å²) in [5, 5.41) is 0. The average molecular weight is 221 g/mol. The van der Waals surface area contributed by atoms with Gasteiger partial charge >= 0.3 is 0 Å². The van der Waals surface area contributed by atoms with Crippen LogP contribution in [0.5, 0.6) is 0 Å². The van der Waals surface area contributed by atoms with E-state index in [1.54, 1.807) is 11.9 Å². The van der Waals surface area contributed by atoms with Crippen molar-refractivity contribution < 1.29 is 4.79 Å². The van der Waals surface area contributed by atoms with Crippen molar-refractivity contribution in [2.24, 2.45) is 5.73 Å². The zero-order chi connectivity index (χ0) is 12.0. The van der Waals surface area contributed by atoms with Crippen LogP contribution in [0, 0.1) is 6.92 Å². The fraction of sp³-hybridized carbons (Fsp3) is 0.500. The largest absolute Gasteiger partial charge is 0.340 e. The van der Waals surface area contributed by atoms with E-state index in [-0.39, 0.29) is 5.91 Å². The van der Waals surface area contributed by atoms with E-state index in [0.29, 0.717) is 19.5 Å². The molecule has 0 fully saturated rings. The third-order valence-corrected chi connectivity index (χ3v) is 2.37. The van der Waals surface area contributed by atoms with Crippen LogP contribution >= 0.6 is 0 Å². The van der Waals surface area contributed by atoms with Gasteiger partial charge in [-0.2, -0.15) is 0 Å². The molecule has 1 heterocycles. The summed E-state index contributed by atoms with van der Waals surface area (Å²) in [6, 6.07) is 5.83. The summed E-state index contributed by atoms with van der Waals surface area (Å²) in [6.07, 6.45) is 1.25. The molecule has 0 saturated carbocycles. The van der Waals surface area contributed by atoms with E-state index < -0.39 is 0 Å². The molecule has 16 heavy (non-hydrogen) atoms. The highest BCUT2D eigenvalue weighted by Crippen LogP contribution is 2.03. The van der Waals surface area contributed by atoms with Gasteiger partial charge in [-0.3, -0.25) is 9.78 Å². The summed E-state index contributed by atoms with van der Waals surface area (Å²) in [4.78, 5) is 17.7. The predicted molar refractivity (Wildman–Crippen MR) is 63.7 cm³/mol. The van der Waals surface area contributed by atoms with E-state index in [2.05, 4.69) is 4.98 Å². The lowest BCUT2D eigenvalue weighted by Gasteiger charge is -2.16. The third-order valence-electron chi connectivity index (χ3n) is 2.37. The Kier molecular flexibility index (Phi) is 4.92. The van der Waals surface area contributed by atoms with Crippen LogP contribution in [0.15, 0.2) is 18.2 Å². The van der Waals surface area contributed by atoms with Gasteiger partial charge in [0.15, 0.2) is 0 Å². The summed E-state index contributed by atoms with van der Waals surface area (Å²) in [7, 11) is 1.79. The van der Waals surface area contributed by atoms with Crippen molar-refractivity contribution in [3.63, 3.8) is 0 Å². The lowest BCUT2D eigenvalue weighted by Crippen LogP contribution is -2.26. The highest BCUT2D eigenvalue weighted by molar-refractivity contribution is 5.75. The Morgan fingerprint density at radius 1 is 1.50 bits per heavy atom. The first-order valence-electron chi connectivity index (χ1n) is 5.50. The first-order chi connectivity index (χ1) is 7.63. The molecule has 0 radical (unpaired) electrons. The number of rotatable bonds is 5. The summed E-state index contributed by atoms with van der Waals surface area (Å²) >= 11 is 0. The second-order valence-electron chi connectivity index (χ2n) is 3.91. The highest BCUT2D eigenvalue weighted by atomic mass is 16.2. The molecule has 1 rings (SSSR count). The van der Waals surface area contributed by atoms with Gasteiger partial charge in [-0.15, -0.1) is 0 Å². The van der Waals surface area contributed by atoms with Gasteiger partial charge in [0.25, 0.3) is 0 Å². The number of nitrogens with zero attached hydrogens (tertiary/aromatic N) is 2. The third kappa shape index (κ3) is 3.98. The van der Waals surface area contributed by atoms with Gasteiger partial charge in [-0.05, 0) is 32.0 Å². The van der Waals surface area contributed by atoms with Crippen LogP contribution in [0.1, 0.15) is 24.2 Å². The van der Waals surface area contributed by atoms with E-state index >= 15 is 0 Å². The van der Waals surface area contributed by atoms with Crippen LogP contribution in [0.4, 0.5) is 0 Å². The van der Waals surface area contributed by atoms with E-state index in [0.717, 1.165) is 17.8 Å². The Morgan fingerprint density at radius 2 is 2.25 bits per heavy atom. The number of aromatic nitrogens is 1. The van der Waals surface area contributed by atoms with Gasteiger partial charge < -0.3 is 10.6 Å². The Labute approximate surface area is 96.5 Å². The maximum Gasteiger partial charge on any atom is 0.222 e. The van der Waals surface area contributed by atoms with Gasteiger partial charge in [-0.25, -0.2) is 0 Å². The number of hydrogen-bond donors (Lipinski definition) is 1. The molecular formula is C12H19N3O. The van der Waals surface area contributed by atoms with Crippen molar-refractivity contribution in [1.82, 2.24) is 9.88 Å². The number of amides is 1. The Balaban J connectivity index is 2.50. The summed E-state index contributed by atoms with van der Waals surface area (Å²) in [5.41, 5.74) is 7.26. The van der Waals surface area contributed by atoms with Crippen LogP contribution < -0.4 is 5.73 Å². The predicted octanol–water partition coefficient (Wildman–Crippen LogP) is 1.09. The van der Waals surface area contributed by atoms with E-state index in [1.807, 2.05) is 25.1 Å². The summed E-state index contributed by atoms with van der Waals surface area (Å²) < 4.78 is 0. The number of hydrogen-bond acceptors (Lipinski definition) is 3. The molecule has 1 aromatic heterocycles. The Morgan fingerprint density at radius 3 is 2.88 bits per heavy atom. The zero-order valence-electron chi connectivity index (χ0n) is 9.94. The van der Waals surface area contributed by atoms with Crippen LogP contribution in [-0.2, 0) is 11.3 Å². The molecule has 0 bridgehead atoms. The van der Waals surface area contributed by atoms with Crippen molar-refractivity contribution in [3.8, 4) is 0 Å². The maximum atomic E-state index is 11.6. The van der Waals surface area contributed by atoms with Crippen LogP contribution in [-0.4, -0.2) is 29.4 Å². The van der Waals surface area contributed by atoms with E-state index in [9.17, 15) is 4.79 Å². The minimum absolute atomic E-state index is 0.119. The minimum atomic E-state index is 0.119. The molecule has 0 aliphatic heterocycles. The number of carbonyl (C=O) groups excluding carboxylic acids is 1. The molecule has 0 saturated heterocycles. The highest BCUT2D eigenvalue weighted by Gasteiger charge is 2.08. The summed E-state index contributed by atoms with van der Waals surface area (Å²) in [6.45, 7) is 3.06. The number of pyridine rings is 1. The fourth-order valence-electron chi connectivity index (χ4n) is 1.46. The molecule has 4 nitrogen and oxygen atoms in total. The zero-order valence-corrected chi connectivity index (χ0v) is 9.94. The van der Waals surface area contributed by atoms with Crippen molar-refractivity contribution >= 4 is 5.91 Å². The Bertz CT molecular complexity index is 352. The number of carbonyl (C=O) groups is 1. The van der Waals surface area contributed by atoms with Crippen molar-refractivity contribution in [1.29, 1.82) is 0 Å². The molecule has 0 spiro atoms. The molecule has 0 aromatic carbocycles. The van der Waals surface area contributed by atoms with Crippen molar-refractivity contribution in [2.45, 2.75) is 26.3 Å². The van der Waals surface area contributed by atoms with Gasteiger partial charge in [0.2, 0.25) is 5.91 Å². The standard InChI is InChI=1S/C12H19N3O/c1-10-5-3-6-11(14-10)9-15(2)12(16)7-4-8-13/h3,5-6H,4,7-9,13H2,1-2H3. The molecule has 0 aliphatic rings. The molecule has 1 aromatic rings. The molecule has 0 unspecified atom stereocenters. The van der Waals surface area contributed by atoms with E-state index in [1.165, 1.54) is 0 Å². The topological polar surface area (TPSA) is 59.2 Å². The van der Waals surface area contributed by atoms with E-state index in [4.69, 9.17) is 5.73 Å². The van der Waals surface area contributed by atoms with Crippen LogP contribution in [0.2, 0.25) is 0 Å². The Hall–Kier alpha value is -1.42. The van der Waals surface area contributed by atoms with Gasteiger partial charge in [0.05, 0.1) is 12.2 Å². The first kappa shape index (κ1) is 12.6. The molecule has 2 N–H and O–H groups in total. The average Bonchev–Trinajstić information content (AvgIpc) is 2.25. The minimum Gasteiger partial charge on any atom is -0.340 e. The van der Waals surface area contributed by atoms with Crippen LogP contribution in [0.25, 0.3) is 0 Å². The van der Waals surface area contributed by atoms with Gasteiger partial charge in [0, 0.05) is 19.2 Å².